The second kappa shape index (κ2) is 4.33. The van der Waals surface area contributed by atoms with E-state index < -0.39 is 4.92 Å². The van der Waals surface area contributed by atoms with Gasteiger partial charge < -0.3 is 0 Å². The fourth-order valence-electron chi connectivity index (χ4n) is 2.00. The molecule has 6 heteroatoms. The van der Waals surface area contributed by atoms with Gasteiger partial charge in [0.05, 0.1) is 15.1 Å². The number of benzene rings is 2. The Morgan fingerprint density at radius 2 is 1.74 bits per heavy atom. The van der Waals surface area contributed by atoms with Crippen LogP contribution in [0.4, 0.5) is 5.69 Å². The van der Waals surface area contributed by atoms with E-state index in [-0.39, 0.29) is 10.6 Å². The number of thiazole rings is 1. The van der Waals surface area contributed by atoms with Crippen molar-refractivity contribution in [3.8, 4) is 5.69 Å². The first kappa shape index (κ1) is 11.6. The Labute approximate surface area is 111 Å². The number of fused-ring (bicyclic) bond motifs is 1. The molecular formula is C13H8N2O3S. The third-order valence-electron chi connectivity index (χ3n) is 2.81. The van der Waals surface area contributed by atoms with E-state index in [4.69, 9.17) is 0 Å². The maximum Gasteiger partial charge on any atom is 0.312 e. The molecule has 0 N–H and O–H groups in total. The van der Waals surface area contributed by atoms with E-state index in [0.29, 0.717) is 11.2 Å². The molecule has 19 heavy (non-hydrogen) atoms. The lowest BCUT2D eigenvalue weighted by Crippen LogP contribution is -2.11. The van der Waals surface area contributed by atoms with Crippen molar-refractivity contribution in [3.63, 3.8) is 0 Å². The van der Waals surface area contributed by atoms with Crippen molar-refractivity contribution in [2.75, 3.05) is 0 Å². The molecule has 5 nitrogen and oxygen atoms in total. The Morgan fingerprint density at radius 3 is 2.53 bits per heavy atom. The lowest BCUT2D eigenvalue weighted by atomic mass is 10.2. The lowest BCUT2D eigenvalue weighted by Gasteiger charge is -2.04. The molecule has 0 aliphatic carbocycles. The fraction of sp³-hybridized carbons (Fsp3) is 0. The average Bonchev–Trinajstić information content (AvgIpc) is 2.74. The fourth-order valence-corrected chi connectivity index (χ4v) is 2.89. The molecule has 0 aliphatic rings. The number of aromatic nitrogens is 1. The van der Waals surface area contributed by atoms with Crippen LogP contribution in [0.15, 0.2) is 53.3 Å². The van der Waals surface area contributed by atoms with Crippen LogP contribution < -0.4 is 4.87 Å². The van der Waals surface area contributed by atoms with Gasteiger partial charge in [-0.15, -0.1) is 0 Å². The van der Waals surface area contributed by atoms with E-state index in [9.17, 15) is 14.9 Å². The van der Waals surface area contributed by atoms with Crippen molar-refractivity contribution in [2.24, 2.45) is 0 Å². The van der Waals surface area contributed by atoms with Gasteiger partial charge in [-0.25, -0.2) is 0 Å². The van der Waals surface area contributed by atoms with Gasteiger partial charge in [0, 0.05) is 6.07 Å². The number of para-hydroxylation sites is 3. The summed E-state index contributed by atoms with van der Waals surface area (Å²) >= 11 is 1.08. The van der Waals surface area contributed by atoms with Crippen LogP contribution in [0.25, 0.3) is 15.9 Å². The average molecular weight is 272 g/mol. The van der Waals surface area contributed by atoms with Crippen LogP contribution in [0.2, 0.25) is 0 Å². The van der Waals surface area contributed by atoms with Gasteiger partial charge in [0.2, 0.25) is 0 Å². The van der Waals surface area contributed by atoms with Crippen LogP contribution in [-0.4, -0.2) is 9.49 Å². The maximum atomic E-state index is 12.1. The van der Waals surface area contributed by atoms with Gasteiger partial charge in [-0.1, -0.05) is 35.6 Å². The van der Waals surface area contributed by atoms with Crippen molar-refractivity contribution in [1.82, 2.24) is 4.57 Å². The summed E-state index contributed by atoms with van der Waals surface area (Å²) in [5.74, 6) is 0. The smallest absolute Gasteiger partial charge is 0.260 e. The summed E-state index contributed by atoms with van der Waals surface area (Å²) in [6.07, 6.45) is 0. The molecule has 3 aromatic rings. The molecular weight excluding hydrogens is 264 g/mol. The predicted octanol–water partition coefficient (Wildman–Crippen LogP) is 2.96. The van der Waals surface area contributed by atoms with Crippen molar-refractivity contribution >= 4 is 27.2 Å². The van der Waals surface area contributed by atoms with Gasteiger partial charge in [-0.3, -0.25) is 19.5 Å². The summed E-state index contributed by atoms with van der Waals surface area (Å²) in [7, 11) is 0. The number of hydrogen-bond acceptors (Lipinski definition) is 4. The van der Waals surface area contributed by atoms with Gasteiger partial charge in [0.15, 0.2) is 0 Å². The number of nitrogens with zero attached hydrogens (tertiary/aromatic N) is 2. The van der Waals surface area contributed by atoms with Crippen molar-refractivity contribution in [3.05, 3.63) is 68.3 Å². The van der Waals surface area contributed by atoms with E-state index in [1.807, 2.05) is 12.1 Å². The first-order valence-corrected chi connectivity index (χ1v) is 6.34. The van der Waals surface area contributed by atoms with Crippen molar-refractivity contribution in [2.45, 2.75) is 0 Å². The normalized spacial score (nSPS) is 10.7. The van der Waals surface area contributed by atoms with Crippen LogP contribution in [0, 0.1) is 10.1 Å². The molecule has 94 valence electrons. The Hall–Kier alpha value is -2.47. The molecule has 0 bridgehead atoms. The van der Waals surface area contributed by atoms with Gasteiger partial charge in [-0.2, -0.15) is 0 Å². The van der Waals surface area contributed by atoms with E-state index >= 15 is 0 Å². The standard InChI is InChI=1S/C13H8N2O3S/c16-13-14(11-7-3-4-8-12(11)19-13)9-5-1-2-6-10(9)15(17)18/h1-8H. The minimum Gasteiger partial charge on any atom is -0.260 e. The quantitative estimate of drug-likeness (QED) is 0.532. The van der Waals surface area contributed by atoms with Crippen LogP contribution in [0.5, 0.6) is 0 Å². The predicted molar refractivity (Wildman–Crippen MR) is 74.1 cm³/mol. The monoisotopic (exact) mass is 272 g/mol. The Bertz CT molecular complexity index is 835. The minimum atomic E-state index is -0.478. The molecule has 0 fully saturated rings. The highest BCUT2D eigenvalue weighted by atomic mass is 32.1. The molecule has 0 atom stereocenters. The summed E-state index contributed by atoms with van der Waals surface area (Å²) in [5, 5.41) is 11.1. The molecule has 0 saturated heterocycles. The van der Waals surface area contributed by atoms with Gasteiger partial charge in [-0.05, 0) is 18.2 Å². The second-order valence-corrected chi connectivity index (χ2v) is 4.91. The number of hydrogen-bond donors (Lipinski definition) is 0. The van der Waals surface area contributed by atoms with Crippen LogP contribution in [-0.2, 0) is 0 Å². The van der Waals surface area contributed by atoms with Gasteiger partial charge in [0.25, 0.3) is 5.69 Å². The largest absolute Gasteiger partial charge is 0.312 e. The molecule has 3 rings (SSSR count). The molecule has 1 heterocycles. The molecule has 0 unspecified atom stereocenters. The van der Waals surface area contributed by atoms with E-state index in [2.05, 4.69) is 0 Å². The summed E-state index contributed by atoms with van der Waals surface area (Å²) in [6.45, 7) is 0. The number of nitro benzene ring substituents is 1. The maximum absolute atomic E-state index is 12.1. The van der Waals surface area contributed by atoms with E-state index in [0.717, 1.165) is 16.0 Å². The van der Waals surface area contributed by atoms with Crippen molar-refractivity contribution in [1.29, 1.82) is 0 Å². The third-order valence-corrected chi connectivity index (χ3v) is 3.73. The minimum absolute atomic E-state index is 0.0758. The summed E-state index contributed by atoms with van der Waals surface area (Å²) < 4.78 is 2.20. The third kappa shape index (κ3) is 1.82. The molecule has 1 aromatic heterocycles. The van der Waals surface area contributed by atoms with Crippen LogP contribution >= 0.6 is 11.3 Å². The van der Waals surface area contributed by atoms with Gasteiger partial charge in [0.1, 0.15) is 5.69 Å². The van der Waals surface area contributed by atoms with Crippen LogP contribution in [0.1, 0.15) is 0 Å². The Morgan fingerprint density at radius 1 is 1.05 bits per heavy atom. The topological polar surface area (TPSA) is 65.1 Å². The first-order valence-electron chi connectivity index (χ1n) is 5.53. The first-order chi connectivity index (χ1) is 9.18. The molecule has 0 spiro atoms. The highest BCUT2D eigenvalue weighted by Gasteiger charge is 2.18. The van der Waals surface area contributed by atoms with Gasteiger partial charge >= 0.3 is 4.87 Å². The summed E-state index contributed by atoms with van der Waals surface area (Å²) in [5.41, 5.74) is 0.912. The zero-order chi connectivity index (χ0) is 13.4. The molecule has 0 saturated carbocycles. The Kier molecular flexibility index (Phi) is 2.64. The zero-order valence-electron chi connectivity index (χ0n) is 9.65. The van der Waals surface area contributed by atoms with E-state index in [1.165, 1.54) is 10.6 Å². The Balaban J connectivity index is 2.40. The molecule has 0 radical (unpaired) electrons. The highest BCUT2D eigenvalue weighted by Crippen LogP contribution is 2.26. The SMILES string of the molecule is O=c1sc2ccccc2n1-c1ccccc1[N+](=O)[O-]. The zero-order valence-corrected chi connectivity index (χ0v) is 10.5. The second-order valence-electron chi connectivity index (χ2n) is 3.92. The molecule has 0 aliphatic heterocycles. The lowest BCUT2D eigenvalue weighted by molar-refractivity contribution is -0.384. The van der Waals surface area contributed by atoms with E-state index in [1.54, 1.807) is 30.3 Å². The number of rotatable bonds is 2. The summed E-state index contributed by atoms with van der Waals surface area (Å²) in [4.78, 5) is 22.4. The summed E-state index contributed by atoms with van der Waals surface area (Å²) in [6, 6.07) is 13.5. The molecule has 0 amide bonds. The molecule has 2 aromatic carbocycles. The van der Waals surface area contributed by atoms with Crippen molar-refractivity contribution < 1.29 is 4.92 Å². The highest BCUT2D eigenvalue weighted by molar-refractivity contribution is 7.16. The van der Waals surface area contributed by atoms with Crippen LogP contribution in [0.3, 0.4) is 0 Å². The number of nitro groups is 1.